The molecule has 7 heteroatoms. The number of nitrogens with two attached hydrogens (primary N) is 1. The van der Waals surface area contributed by atoms with Gasteiger partial charge in [-0.05, 0) is 42.0 Å². The van der Waals surface area contributed by atoms with Crippen molar-refractivity contribution in [2.45, 2.75) is 6.42 Å². The highest BCUT2D eigenvalue weighted by molar-refractivity contribution is 5.72. The van der Waals surface area contributed by atoms with E-state index in [9.17, 15) is 9.18 Å². The molecule has 0 saturated carbocycles. The van der Waals surface area contributed by atoms with Gasteiger partial charge in [-0.15, -0.1) is 0 Å². The Morgan fingerprint density at radius 3 is 2.77 bits per heavy atom. The lowest BCUT2D eigenvalue weighted by Crippen LogP contribution is -2.26. The van der Waals surface area contributed by atoms with Crippen molar-refractivity contribution in [1.82, 2.24) is 19.5 Å². The van der Waals surface area contributed by atoms with Gasteiger partial charge in [-0.3, -0.25) is 14.3 Å². The molecule has 0 amide bonds. The minimum atomic E-state index is -0.563. The van der Waals surface area contributed by atoms with E-state index in [-0.39, 0.29) is 23.4 Å². The molecule has 0 unspecified atom stereocenters. The zero-order valence-corrected chi connectivity index (χ0v) is 13.6. The summed E-state index contributed by atoms with van der Waals surface area (Å²) in [7, 11) is 0. The summed E-state index contributed by atoms with van der Waals surface area (Å²) in [6.07, 6.45) is 5.13. The largest absolute Gasteiger partial charge is 0.399 e. The molecular formula is C19H14FN5O. The van der Waals surface area contributed by atoms with E-state index in [0.717, 1.165) is 5.56 Å². The second-order valence-corrected chi connectivity index (χ2v) is 5.79. The number of halogens is 1. The maximum absolute atomic E-state index is 14.4. The summed E-state index contributed by atoms with van der Waals surface area (Å²) in [4.78, 5) is 25.8. The zero-order valence-electron chi connectivity index (χ0n) is 13.6. The Kier molecular flexibility index (Phi) is 3.89. The molecule has 6 nitrogen and oxygen atoms in total. The smallest absolute Gasteiger partial charge is 0.278 e. The van der Waals surface area contributed by atoms with E-state index < -0.39 is 11.4 Å². The molecule has 0 aliphatic heterocycles. The first kappa shape index (κ1) is 15.9. The number of aromatic nitrogens is 4. The van der Waals surface area contributed by atoms with E-state index in [1.54, 1.807) is 30.6 Å². The number of benzene rings is 1. The Balaban J connectivity index is 2.00. The van der Waals surface area contributed by atoms with Crippen LogP contribution in [0.4, 0.5) is 10.1 Å². The Hall–Kier alpha value is -3.61. The Morgan fingerprint density at radius 2 is 1.96 bits per heavy atom. The number of hydrogen-bond acceptors (Lipinski definition) is 5. The fourth-order valence-corrected chi connectivity index (χ4v) is 2.80. The van der Waals surface area contributed by atoms with Crippen molar-refractivity contribution >= 4 is 16.9 Å². The normalized spacial score (nSPS) is 11.0. The van der Waals surface area contributed by atoms with Gasteiger partial charge < -0.3 is 5.73 Å². The summed E-state index contributed by atoms with van der Waals surface area (Å²) in [5.74, 6) is -0.563. The van der Waals surface area contributed by atoms with E-state index in [1.165, 1.54) is 29.0 Å². The van der Waals surface area contributed by atoms with Crippen LogP contribution in [0.5, 0.6) is 0 Å². The minimum absolute atomic E-state index is 0.0496. The second kappa shape index (κ2) is 6.36. The van der Waals surface area contributed by atoms with Gasteiger partial charge in [-0.1, -0.05) is 6.07 Å². The lowest BCUT2D eigenvalue weighted by Gasteiger charge is -2.12. The topological polar surface area (TPSA) is 86.7 Å². The van der Waals surface area contributed by atoms with E-state index in [4.69, 9.17) is 5.73 Å². The highest BCUT2D eigenvalue weighted by Gasteiger charge is 2.16. The van der Waals surface area contributed by atoms with Gasteiger partial charge in [-0.2, -0.15) is 0 Å². The van der Waals surface area contributed by atoms with Crippen LogP contribution >= 0.6 is 0 Å². The average Bonchev–Trinajstić information content (AvgIpc) is 2.66. The fraction of sp³-hybridized carbons (Fsp3) is 0.0526. The maximum Gasteiger partial charge on any atom is 0.278 e. The van der Waals surface area contributed by atoms with Crippen LogP contribution in [0, 0.1) is 5.82 Å². The first-order valence-corrected chi connectivity index (χ1v) is 7.94. The highest BCUT2D eigenvalue weighted by atomic mass is 19.1. The van der Waals surface area contributed by atoms with E-state index in [1.807, 2.05) is 6.07 Å². The Bertz CT molecular complexity index is 1160. The van der Waals surface area contributed by atoms with Crippen LogP contribution in [0.2, 0.25) is 0 Å². The molecule has 0 fully saturated rings. The highest BCUT2D eigenvalue weighted by Crippen LogP contribution is 2.19. The lowest BCUT2D eigenvalue weighted by atomic mass is 10.1. The van der Waals surface area contributed by atoms with Crippen LogP contribution in [0.3, 0.4) is 0 Å². The molecule has 0 aliphatic rings. The zero-order chi connectivity index (χ0) is 18.1. The third-order valence-corrected chi connectivity index (χ3v) is 3.99. The first-order valence-electron chi connectivity index (χ1n) is 7.94. The SMILES string of the molecule is Nc1ccc(F)c(-n2c(=O)c(Cc3cccnc3)nc3cccnc32)c1. The van der Waals surface area contributed by atoms with Gasteiger partial charge in [0, 0.05) is 30.7 Å². The molecule has 0 radical (unpaired) electrons. The molecule has 1 aromatic carbocycles. The van der Waals surface area contributed by atoms with Crippen LogP contribution in [0.15, 0.2) is 65.8 Å². The second-order valence-electron chi connectivity index (χ2n) is 5.79. The molecule has 4 rings (SSSR count). The summed E-state index contributed by atoms with van der Waals surface area (Å²) >= 11 is 0. The van der Waals surface area contributed by atoms with E-state index in [2.05, 4.69) is 15.0 Å². The van der Waals surface area contributed by atoms with Gasteiger partial charge in [0.15, 0.2) is 5.65 Å². The molecule has 0 aliphatic carbocycles. The third-order valence-electron chi connectivity index (χ3n) is 3.99. The van der Waals surface area contributed by atoms with Crippen molar-refractivity contribution in [2.24, 2.45) is 0 Å². The first-order chi connectivity index (χ1) is 12.6. The molecular weight excluding hydrogens is 333 g/mol. The van der Waals surface area contributed by atoms with Crippen molar-refractivity contribution in [2.75, 3.05) is 5.73 Å². The number of hydrogen-bond donors (Lipinski definition) is 1. The van der Waals surface area contributed by atoms with Crippen molar-refractivity contribution in [3.05, 3.63) is 88.5 Å². The average molecular weight is 347 g/mol. The molecule has 0 saturated heterocycles. The molecule has 3 aromatic heterocycles. The predicted molar refractivity (Wildman–Crippen MR) is 96.5 cm³/mol. The number of rotatable bonds is 3. The molecule has 0 atom stereocenters. The quantitative estimate of drug-likeness (QED) is 0.575. The number of nitrogen functional groups attached to an aromatic ring is 1. The van der Waals surface area contributed by atoms with Crippen LogP contribution in [0.1, 0.15) is 11.3 Å². The van der Waals surface area contributed by atoms with Crippen LogP contribution < -0.4 is 11.3 Å². The fourth-order valence-electron chi connectivity index (χ4n) is 2.80. The monoisotopic (exact) mass is 347 g/mol. The van der Waals surface area contributed by atoms with Crippen molar-refractivity contribution < 1.29 is 4.39 Å². The molecule has 26 heavy (non-hydrogen) atoms. The lowest BCUT2D eigenvalue weighted by molar-refractivity contribution is 0.617. The number of anilines is 1. The number of pyridine rings is 2. The minimum Gasteiger partial charge on any atom is -0.399 e. The van der Waals surface area contributed by atoms with E-state index >= 15 is 0 Å². The van der Waals surface area contributed by atoms with Crippen molar-refractivity contribution in [3.63, 3.8) is 0 Å². The van der Waals surface area contributed by atoms with Crippen molar-refractivity contribution in [1.29, 1.82) is 0 Å². The van der Waals surface area contributed by atoms with E-state index in [0.29, 0.717) is 11.2 Å². The number of nitrogens with zero attached hydrogens (tertiary/aromatic N) is 4. The van der Waals surface area contributed by atoms with Crippen LogP contribution in [-0.2, 0) is 6.42 Å². The van der Waals surface area contributed by atoms with Gasteiger partial charge in [-0.25, -0.2) is 14.4 Å². The van der Waals surface area contributed by atoms with Gasteiger partial charge in [0.1, 0.15) is 17.0 Å². The van der Waals surface area contributed by atoms with Crippen LogP contribution in [-0.4, -0.2) is 19.5 Å². The van der Waals surface area contributed by atoms with Gasteiger partial charge in [0.2, 0.25) is 0 Å². The summed E-state index contributed by atoms with van der Waals surface area (Å²) in [5, 5.41) is 0. The predicted octanol–water partition coefficient (Wildman–Crippen LogP) is 2.49. The van der Waals surface area contributed by atoms with Gasteiger partial charge in [0.05, 0.1) is 5.69 Å². The van der Waals surface area contributed by atoms with Gasteiger partial charge >= 0.3 is 0 Å². The molecule has 4 aromatic rings. The summed E-state index contributed by atoms with van der Waals surface area (Å²) < 4.78 is 15.7. The summed E-state index contributed by atoms with van der Waals surface area (Å²) in [6.45, 7) is 0. The third kappa shape index (κ3) is 2.79. The Morgan fingerprint density at radius 1 is 1.12 bits per heavy atom. The molecule has 2 N–H and O–H groups in total. The molecule has 0 spiro atoms. The van der Waals surface area contributed by atoms with Crippen LogP contribution in [0.25, 0.3) is 16.9 Å². The Labute approximate surface area is 147 Å². The number of fused-ring (bicyclic) bond motifs is 1. The van der Waals surface area contributed by atoms with Crippen molar-refractivity contribution in [3.8, 4) is 5.69 Å². The summed E-state index contributed by atoms with van der Waals surface area (Å²) in [6, 6.07) is 11.2. The molecule has 3 heterocycles. The molecule has 0 bridgehead atoms. The van der Waals surface area contributed by atoms with Gasteiger partial charge in [0.25, 0.3) is 5.56 Å². The standard InChI is InChI=1S/C19H14FN5O/c20-14-6-5-13(21)10-17(14)25-18-15(4-2-8-23-18)24-16(19(25)26)9-12-3-1-7-22-11-12/h1-8,10-11H,9,21H2. The summed E-state index contributed by atoms with van der Waals surface area (Å²) in [5.41, 5.74) is 7.63. The maximum atomic E-state index is 14.4. The molecule has 128 valence electrons.